The number of nitrogens with zero attached hydrogens (tertiary/aromatic N) is 2. The van der Waals surface area contributed by atoms with Gasteiger partial charge in [-0.05, 0) is 29.8 Å². The normalized spacial score (nSPS) is 13.2. The molecule has 3 aromatic rings. The first-order valence-electron chi connectivity index (χ1n) is 6.98. The number of fused-ring (bicyclic) bond motifs is 1. The first-order chi connectivity index (χ1) is 11.3. The summed E-state index contributed by atoms with van der Waals surface area (Å²) < 4.78 is 57.0. The quantitative estimate of drug-likeness (QED) is 0.716. The third-order valence-electron chi connectivity index (χ3n) is 3.39. The molecule has 0 N–H and O–H groups in total. The second-order valence-corrected chi connectivity index (χ2v) is 6.11. The van der Waals surface area contributed by atoms with Crippen LogP contribution in [0.25, 0.3) is 11.0 Å². The fraction of sp³-hybridized carbons (Fsp3) is 0.188. The third-order valence-corrected chi connectivity index (χ3v) is 3.81. The first kappa shape index (κ1) is 16.5. The molecule has 4 nitrogen and oxygen atoms in total. The topological polar surface area (TPSA) is 44.1 Å². The van der Waals surface area contributed by atoms with E-state index in [0.717, 1.165) is 4.57 Å². The standard InChI is InChI=1S/C16H13F3N2O2S/c1-24(22)23-12-8-6-11(7-9-12)10-21-14-5-3-2-4-13(14)20-15(21)16(17,18)19/h2-9H,10H2,1H3. The fourth-order valence-corrected chi connectivity index (χ4v) is 2.80. The van der Waals surface area contributed by atoms with E-state index in [0.29, 0.717) is 22.3 Å². The molecule has 126 valence electrons. The zero-order chi connectivity index (χ0) is 17.3. The molecule has 24 heavy (non-hydrogen) atoms. The number of hydrogen-bond donors (Lipinski definition) is 0. The van der Waals surface area contributed by atoms with Gasteiger partial charge in [0, 0.05) is 12.8 Å². The Labute approximate surface area is 138 Å². The largest absolute Gasteiger partial charge is 0.449 e. The summed E-state index contributed by atoms with van der Waals surface area (Å²) in [6, 6.07) is 12.9. The van der Waals surface area contributed by atoms with Gasteiger partial charge in [0.2, 0.25) is 16.9 Å². The number of alkyl halides is 3. The van der Waals surface area contributed by atoms with Gasteiger partial charge < -0.3 is 8.75 Å². The lowest BCUT2D eigenvalue weighted by atomic mass is 10.2. The van der Waals surface area contributed by atoms with Crippen LogP contribution >= 0.6 is 0 Å². The molecular formula is C16H13F3N2O2S. The summed E-state index contributed by atoms with van der Waals surface area (Å²) in [4.78, 5) is 3.71. The molecule has 8 heteroatoms. The van der Waals surface area contributed by atoms with Gasteiger partial charge in [0.15, 0.2) is 0 Å². The summed E-state index contributed by atoms with van der Waals surface area (Å²) >= 11 is -1.45. The molecule has 1 unspecified atom stereocenters. The van der Waals surface area contributed by atoms with Crippen molar-refractivity contribution in [3.8, 4) is 5.75 Å². The minimum absolute atomic E-state index is 0.0187. The van der Waals surface area contributed by atoms with Crippen LogP contribution in [0, 0.1) is 0 Å². The molecule has 0 spiro atoms. The van der Waals surface area contributed by atoms with Crippen LogP contribution < -0.4 is 4.18 Å². The van der Waals surface area contributed by atoms with E-state index in [2.05, 4.69) is 4.98 Å². The maximum absolute atomic E-state index is 13.3. The van der Waals surface area contributed by atoms with E-state index in [4.69, 9.17) is 4.18 Å². The average Bonchev–Trinajstić information content (AvgIpc) is 2.88. The molecule has 0 radical (unpaired) electrons. The van der Waals surface area contributed by atoms with Crippen LogP contribution in [0.15, 0.2) is 48.5 Å². The van der Waals surface area contributed by atoms with Crippen molar-refractivity contribution >= 4 is 22.1 Å². The van der Waals surface area contributed by atoms with Crippen LogP contribution in [-0.2, 0) is 23.8 Å². The molecule has 0 aliphatic carbocycles. The van der Waals surface area contributed by atoms with Crippen molar-refractivity contribution in [3.05, 3.63) is 59.9 Å². The molecule has 1 aromatic heterocycles. The van der Waals surface area contributed by atoms with Crippen molar-refractivity contribution in [1.82, 2.24) is 9.55 Å². The molecule has 2 aromatic carbocycles. The molecule has 0 saturated carbocycles. The number of benzene rings is 2. The SMILES string of the molecule is CS(=O)Oc1ccc(Cn2c(C(F)(F)F)nc3ccccc32)cc1. The lowest BCUT2D eigenvalue weighted by Crippen LogP contribution is -2.15. The number of halogens is 3. The summed E-state index contributed by atoms with van der Waals surface area (Å²) in [5, 5.41) is 0. The van der Waals surface area contributed by atoms with E-state index < -0.39 is 23.1 Å². The van der Waals surface area contributed by atoms with Crippen molar-refractivity contribution in [2.24, 2.45) is 0 Å². The van der Waals surface area contributed by atoms with Gasteiger partial charge in [0.25, 0.3) is 0 Å². The van der Waals surface area contributed by atoms with Crippen LogP contribution in [0.5, 0.6) is 5.75 Å². The van der Waals surface area contributed by atoms with E-state index in [1.165, 1.54) is 6.26 Å². The van der Waals surface area contributed by atoms with Gasteiger partial charge in [-0.2, -0.15) is 13.2 Å². The number of para-hydroxylation sites is 2. The van der Waals surface area contributed by atoms with E-state index in [9.17, 15) is 17.4 Å². The van der Waals surface area contributed by atoms with Crippen LogP contribution in [0.4, 0.5) is 13.2 Å². The van der Waals surface area contributed by atoms with Gasteiger partial charge in [-0.15, -0.1) is 0 Å². The van der Waals surface area contributed by atoms with Crippen molar-refractivity contribution in [1.29, 1.82) is 0 Å². The Morgan fingerprint density at radius 3 is 2.42 bits per heavy atom. The van der Waals surface area contributed by atoms with Crippen molar-refractivity contribution in [3.63, 3.8) is 0 Å². The second-order valence-electron chi connectivity index (χ2n) is 5.14. The Morgan fingerprint density at radius 2 is 1.79 bits per heavy atom. The van der Waals surface area contributed by atoms with Crippen LogP contribution in [0.2, 0.25) is 0 Å². The monoisotopic (exact) mass is 354 g/mol. The van der Waals surface area contributed by atoms with Crippen molar-refractivity contribution in [2.75, 3.05) is 6.26 Å². The first-order valence-corrected chi connectivity index (χ1v) is 8.46. The average molecular weight is 354 g/mol. The van der Waals surface area contributed by atoms with Crippen LogP contribution in [-0.4, -0.2) is 20.0 Å². The summed E-state index contributed by atoms with van der Waals surface area (Å²) in [6.07, 6.45) is -3.15. The summed E-state index contributed by atoms with van der Waals surface area (Å²) in [5.74, 6) is -0.537. The highest BCUT2D eigenvalue weighted by molar-refractivity contribution is 7.79. The van der Waals surface area contributed by atoms with Crippen molar-refractivity contribution < 1.29 is 21.6 Å². The van der Waals surface area contributed by atoms with Gasteiger partial charge in [-0.3, -0.25) is 0 Å². The van der Waals surface area contributed by atoms with Crippen LogP contribution in [0.1, 0.15) is 11.4 Å². The van der Waals surface area contributed by atoms with Gasteiger partial charge in [0.1, 0.15) is 5.75 Å². The summed E-state index contributed by atoms with van der Waals surface area (Å²) in [6.45, 7) is 0.0187. The zero-order valence-electron chi connectivity index (χ0n) is 12.6. The highest BCUT2D eigenvalue weighted by Gasteiger charge is 2.37. The number of imidazole rings is 1. The number of hydrogen-bond acceptors (Lipinski definition) is 3. The Morgan fingerprint density at radius 1 is 1.12 bits per heavy atom. The molecule has 0 bridgehead atoms. The highest BCUT2D eigenvalue weighted by atomic mass is 32.2. The van der Waals surface area contributed by atoms with E-state index in [1.54, 1.807) is 48.5 Å². The molecule has 0 saturated heterocycles. The van der Waals surface area contributed by atoms with Gasteiger partial charge in [-0.1, -0.05) is 24.3 Å². The van der Waals surface area contributed by atoms with E-state index in [-0.39, 0.29) is 6.54 Å². The zero-order valence-corrected chi connectivity index (χ0v) is 13.4. The molecule has 0 amide bonds. The van der Waals surface area contributed by atoms with E-state index in [1.807, 2.05) is 0 Å². The Balaban J connectivity index is 1.98. The molecule has 3 rings (SSSR count). The predicted molar refractivity (Wildman–Crippen MR) is 85.0 cm³/mol. The van der Waals surface area contributed by atoms with Gasteiger partial charge in [0.05, 0.1) is 11.0 Å². The maximum Gasteiger partial charge on any atom is 0.449 e. The summed E-state index contributed by atoms with van der Waals surface area (Å²) in [7, 11) is 0. The molecule has 1 atom stereocenters. The molecule has 0 aliphatic rings. The Kier molecular flexibility index (Phi) is 4.31. The maximum atomic E-state index is 13.3. The van der Waals surface area contributed by atoms with E-state index >= 15 is 0 Å². The second kappa shape index (κ2) is 6.27. The minimum atomic E-state index is -4.54. The lowest BCUT2D eigenvalue weighted by Gasteiger charge is -2.12. The lowest BCUT2D eigenvalue weighted by molar-refractivity contribution is -0.146. The number of aromatic nitrogens is 2. The Hall–Kier alpha value is -2.35. The number of rotatable bonds is 4. The smallest absolute Gasteiger partial charge is 0.401 e. The van der Waals surface area contributed by atoms with Gasteiger partial charge in [-0.25, -0.2) is 9.19 Å². The summed E-state index contributed by atoms with van der Waals surface area (Å²) in [5.41, 5.74) is 1.36. The minimum Gasteiger partial charge on any atom is -0.401 e. The van der Waals surface area contributed by atoms with Crippen molar-refractivity contribution in [2.45, 2.75) is 12.7 Å². The Bertz CT molecular complexity index is 888. The van der Waals surface area contributed by atoms with Crippen LogP contribution in [0.3, 0.4) is 0 Å². The molecule has 1 heterocycles. The fourth-order valence-electron chi connectivity index (χ4n) is 2.42. The predicted octanol–water partition coefficient (Wildman–Crippen LogP) is 3.78. The van der Waals surface area contributed by atoms with Gasteiger partial charge >= 0.3 is 6.18 Å². The molecule has 0 aliphatic heterocycles. The third kappa shape index (κ3) is 3.43. The molecular weight excluding hydrogens is 341 g/mol. The highest BCUT2D eigenvalue weighted by Crippen LogP contribution is 2.32. The molecule has 0 fully saturated rings.